The molecule has 1 saturated carbocycles. The predicted molar refractivity (Wildman–Crippen MR) is 50.4 cm³/mol. The molecular formula is C11H21. The molecule has 0 saturated heterocycles. The average molecular weight is 153 g/mol. The quantitative estimate of drug-likeness (QED) is 0.507. The van der Waals surface area contributed by atoms with Gasteiger partial charge in [0.15, 0.2) is 0 Å². The summed E-state index contributed by atoms with van der Waals surface area (Å²) in [6.07, 6.45) is 14.0. The Balaban J connectivity index is 1.73. The first kappa shape index (κ1) is 9.09. The minimum absolute atomic E-state index is 1.01. The Kier molecular flexibility index (Phi) is 4.65. The van der Waals surface area contributed by atoms with Gasteiger partial charge in [-0.3, -0.25) is 0 Å². The summed E-state index contributed by atoms with van der Waals surface area (Å²) in [6.45, 7) is 2.27. The molecule has 0 heterocycles. The molecule has 0 aromatic carbocycles. The lowest BCUT2D eigenvalue weighted by Crippen LogP contribution is -2.10. The van der Waals surface area contributed by atoms with Gasteiger partial charge in [0.25, 0.3) is 0 Å². The van der Waals surface area contributed by atoms with Gasteiger partial charge in [-0.1, -0.05) is 51.9 Å². The molecule has 0 amide bonds. The van der Waals surface area contributed by atoms with Crippen molar-refractivity contribution in [3.05, 3.63) is 6.42 Å². The number of hydrogen-bond acceptors (Lipinski definition) is 0. The molecule has 0 atom stereocenters. The third-order valence-electron chi connectivity index (χ3n) is 2.71. The molecule has 0 nitrogen and oxygen atoms in total. The minimum Gasteiger partial charge on any atom is -0.0654 e. The molecule has 1 aliphatic rings. The Bertz CT molecular complexity index is 82.0. The summed E-state index contributed by atoms with van der Waals surface area (Å²) < 4.78 is 0. The van der Waals surface area contributed by atoms with Crippen LogP contribution in [0.1, 0.15) is 58.3 Å². The Hall–Kier alpha value is 0. The lowest BCUT2D eigenvalue weighted by atomic mass is 9.82. The van der Waals surface area contributed by atoms with Crippen LogP contribution in [0.15, 0.2) is 0 Å². The maximum Gasteiger partial charge on any atom is -0.0355 e. The molecule has 0 unspecified atom stereocenters. The van der Waals surface area contributed by atoms with Gasteiger partial charge in [-0.15, -0.1) is 0 Å². The first-order valence-electron chi connectivity index (χ1n) is 5.27. The van der Waals surface area contributed by atoms with E-state index in [4.69, 9.17) is 0 Å². The Morgan fingerprint density at radius 1 is 1.18 bits per heavy atom. The summed E-state index contributed by atoms with van der Waals surface area (Å²) in [5.41, 5.74) is 0. The van der Waals surface area contributed by atoms with Crippen LogP contribution in [0.3, 0.4) is 0 Å². The van der Waals surface area contributed by atoms with E-state index in [1.165, 1.54) is 51.4 Å². The van der Waals surface area contributed by atoms with E-state index in [9.17, 15) is 0 Å². The van der Waals surface area contributed by atoms with Crippen molar-refractivity contribution >= 4 is 0 Å². The van der Waals surface area contributed by atoms with Crippen molar-refractivity contribution in [2.45, 2.75) is 58.3 Å². The van der Waals surface area contributed by atoms with Crippen LogP contribution in [0.25, 0.3) is 0 Å². The molecule has 0 aromatic rings. The summed E-state index contributed by atoms with van der Waals surface area (Å²) in [5, 5.41) is 0. The summed E-state index contributed by atoms with van der Waals surface area (Å²) in [7, 11) is 0. The molecular weight excluding hydrogens is 132 g/mol. The van der Waals surface area contributed by atoms with Gasteiger partial charge in [-0.25, -0.2) is 0 Å². The Morgan fingerprint density at radius 3 is 2.55 bits per heavy atom. The molecule has 0 spiro atoms. The second kappa shape index (κ2) is 5.62. The molecule has 0 N–H and O–H groups in total. The summed E-state index contributed by atoms with van der Waals surface area (Å²) in [6, 6.07) is 0. The van der Waals surface area contributed by atoms with Crippen molar-refractivity contribution in [1.29, 1.82) is 0 Å². The molecule has 1 fully saturated rings. The van der Waals surface area contributed by atoms with Crippen LogP contribution in [0.2, 0.25) is 0 Å². The number of hydrogen-bond donors (Lipinski definition) is 0. The first-order valence-corrected chi connectivity index (χ1v) is 5.27. The fraction of sp³-hybridized carbons (Fsp3) is 0.909. The van der Waals surface area contributed by atoms with Crippen LogP contribution in [0.4, 0.5) is 0 Å². The van der Waals surface area contributed by atoms with E-state index in [0.29, 0.717) is 0 Å². The zero-order valence-electron chi connectivity index (χ0n) is 7.81. The van der Waals surface area contributed by atoms with Gasteiger partial charge in [-0.2, -0.15) is 0 Å². The fourth-order valence-electron chi connectivity index (χ4n) is 1.60. The first-order chi connectivity index (χ1) is 5.43. The van der Waals surface area contributed by atoms with Crippen molar-refractivity contribution < 1.29 is 0 Å². The van der Waals surface area contributed by atoms with Gasteiger partial charge in [0, 0.05) is 0 Å². The van der Waals surface area contributed by atoms with Gasteiger partial charge < -0.3 is 0 Å². The second-order valence-electron chi connectivity index (χ2n) is 3.78. The Morgan fingerprint density at radius 2 is 2.00 bits per heavy atom. The maximum absolute atomic E-state index is 2.55. The lowest BCUT2D eigenvalue weighted by Gasteiger charge is -2.24. The topological polar surface area (TPSA) is 0 Å². The third kappa shape index (κ3) is 3.79. The van der Waals surface area contributed by atoms with Gasteiger partial charge in [0.05, 0.1) is 0 Å². The van der Waals surface area contributed by atoms with Gasteiger partial charge >= 0.3 is 0 Å². The smallest absolute Gasteiger partial charge is 0.0355 e. The average Bonchev–Trinajstić information content (AvgIpc) is 1.93. The largest absolute Gasteiger partial charge is 0.0654 e. The van der Waals surface area contributed by atoms with Crippen LogP contribution in [-0.4, -0.2) is 0 Å². The van der Waals surface area contributed by atoms with E-state index < -0.39 is 0 Å². The highest BCUT2D eigenvalue weighted by molar-refractivity contribution is 4.82. The van der Waals surface area contributed by atoms with Gasteiger partial charge in [0.2, 0.25) is 0 Å². The van der Waals surface area contributed by atoms with Gasteiger partial charge in [0.1, 0.15) is 0 Å². The van der Waals surface area contributed by atoms with Crippen molar-refractivity contribution in [2.75, 3.05) is 0 Å². The van der Waals surface area contributed by atoms with E-state index >= 15 is 0 Å². The van der Waals surface area contributed by atoms with Gasteiger partial charge in [-0.05, 0) is 18.8 Å². The number of unbranched alkanes of at least 4 members (excludes halogenated alkanes) is 4. The van der Waals surface area contributed by atoms with Crippen LogP contribution in [-0.2, 0) is 0 Å². The highest BCUT2D eigenvalue weighted by Crippen LogP contribution is 2.30. The number of rotatable bonds is 6. The van der Waals surface area contributed by atoms with Crippen molar-refractivity contribution in [3.8, 4) is 0 Å². The van der Waals surface area contributed by atoms with Crippen LogP contribution < -0.4 is 0 Å². The summed E-state index contributed by atoms with van der Waals surface area (Å²) in [4.78, 5) is 0. The molecule has 0 aromatic heterocycles. The predicted octanol–water partition coefficient (Wildman–Crippen LogP) is 3.96. The maximum atomic E-state index is 2.55. The standard InChI is InChI=1S/C11H21/c1-2-3-4-5-6-8-11-9-7-10-11/h8,11H,2-7,9-10H2,1H3. The summed E-state index contributed by atoms with van der Waals surface area (Å²) in [5.74, 6) is 1.01. The zero-order valence-corrected chi connectivity index (χ0v) is 7.81. The fourth-order valence-corrected chi connectivity index (χ4v) is 1.60. The molecule has 1 aliphatic carbocycles. The lowest BCUT2D eigenvalue weighted by molar-refractivity contribution is 0.351. The third-order valence-corrected chi connectivity index (χ3v) is 2.71. The minimum atomic E-state index is 1.01. The molecule has 0 bridgehead atoms. The highest BCUT2D eigenvalue weighted by atomic mass is 14.2. The summed E-state index contributed by atoms with van der Waals surface area (Å²) >= 11 is 0. The molecule has 65 valence electrons. The van der Waals surface area contributed by atoms with E-state index in [2.05, 4.69) is 13.3 Å². The molecule has 0 heteroatoms. The van der Waals surface area contributed by atoms with Crippen molar-refractivity contribution in [2.24, 2.45) is 5.92 Å². The SMILES string of the molecule is CCCCCC[CH]C1CCC1. The van der Waals surface area contributed by atoms with E-state index in [1.807, 2.05) is 0 Å². The second-order valence-corrected chi connectivity index (χ2v) is 3.78. The monoisotopic (exact) mass is 153 g/mol. The normalized spacial score (nSPS) is 18.3. The van der Waals surface area contributed by atoms with Crippen molar-refractivity contribution in [1.82, 2.24) is 0 Å². The Labute approximate surface area is 71.4 Å². The molecule has 11 heavy (non-hydrogen) atoms. The van der Waals surface area contributed by atoms with Crippen LogP contribution in [0.5, 0.6) is 0 Å². The van der Waals surface area contributed by atoms with E-state index in [-0.39, 0.29) is 0 Å². The van der Waals surface area contributed by atoms with Crippen LogP contribution in [0, 0.1) is 12.3 Å². The molecule has 1 rings (SSSR count). The van der Waals surface area contributed by atoms with Crippen LogP contribution >= 0.6 is 0 Å². The van der Waals surface area contributed by atoms with E-state index in [1.54, 1.807) is 0 Å². The van der Waals surface area contributed by atoms with E-state index in [0.717, 1.165) is 5.92 Å². The zero-order chi connectivity index (χ0) is 7.94. The van der Waals surface area contributed by atoms with Crippen molar-refractivity contribution in [3.63, 3.8) is 0 Å². The molecule has 0 aliphatic heterocycles. The molecule has 1 radical (unpaired) electrons. The highest BCUT2D eigenvalue weighted by Gasteiger charge is 2.16.